The number of hydrogen-bond acceptors (Lipinski definition) is 3. The molecular weight excluding hydrogens is 395 g/mol. The van der Waals surface area contributed by atoms with E-state index in [2.05, 4.69) is 0 Å². The lowest BCUT2D eigenvalue weighted by molar-refractivity contribution is -0.907. The quantitative estimate of drug-likeness (QED) is 0.779. The van der Waals surface area contributed by atoms with Crippen molar-refractivity contribution in [1.82, 2.24) is 4.31 Å². The van der Waals surface area contributed by atoms with E-state index in [4.69, 9.17) is 23.2 Å². The number of quaternary nitrogens is 1. The van der Waals surface area contributed by atoms with E-state index < -0.39 is 16.1 Å². The van der Waals surface area contributed by atoms with Crippen LogP contribution in [0.25, 0.3) is 0 Å². The van der Waals surface area contributed by atoms with Crippen molar-refractivity contribution in [3.05, 3.63) is 64.1 Å². The molecule has 8 heteroatoms. The summed E-state index contributed by atoms with van der Waals surface area (Å²) in [6, 6.07) is 13.9. The Bertz CT molecular complexity index is 854. The Hall–Kier alpha value is -1.15. The minimum atomic E-state index is -3.59. The summed E-state index contributed by atoms with van der Waals surface area (Å²) in [5.41, 5.74) is 0.880. The number of halogens is 2. The lowest BCUT2D eigenvalue weighted by atomic mass is 10.1. The molecule has 1 aliphatic heterocycles. The molecule has 5 nitrogen and oxygen atoms in total. The average Bonchev–Trinajstić information content (AvgIpc) is 2.65. The van der Waals surface area contributed by atoms with Crippen molar-refractivity contribution in [3.8, 4) is 0 Å². The highest BCUT2D eigenvalue weighted by Crippen LogP contribution is 2.26. The van der Waals surface area contributed by atoms with E-state index in [0.29, 0.717) is 37.7 Å². The van der Waals surface area contributed by atoms with E-state index in [-0.39, 0.29) is 9.92 Å². The molecule has 1 aliphatic rings. The number of aliphatic hydroxyl groups excluding tert-OH is 1. The van der Waals surface area contributed by atoms with Crippen LogP contribution in [0.5, 0.6) is 0 Å². The smallest absolute Gasteiger partial charge is 0.243 e. The number of aliphatic hydroxyl groups is 1. The Morgan fingerprint density at radius 1 is 1.04 bits per heavy atom. The van der Waals surface area contributed by atoms with E-state index in [1.807, 2.05) is 30.3 Å². The lowest BCUT2D eigenvalue weighted by Gasteiger charge is -2.32. The Kier molecular flexibility index (Phi) is 6.22. The van der Waals surface area contributed by atoms with E-state index in [1.165, 1.54) is 27.4 Å². The molecule has 0 aromatic heterocycles. The molecule has 1 fully saturated rings. The van der Waals surface area contributed by atoms with Crippen LogP contribution in [0.1, 0.15) is 11.7 Å². The lowest BCUT2D eigenvalue weighted by Crippen LogP contribution is -3.15. The fourth-order valence-corrected chi connectivity index (χ4v) is 4.93. The fourth-order valence-electron chi connectivity index (χ4n) is 3.10. The summed E-state index contributed by atoms with van der Waals surface area (Å²) in [7, 11) is -3.59. The third-order valence-corrected chi connectivity index (χ3v) is 7.26. The molecule has 3 rings (SSSR count). The SMILES string of the molecule is O=S(=O)(c1ccc(Cl)c(Cl)c1)N1CC[NH+](C[C@@H](O)c2ccccc2)CC1. The summed E-state index contributed by atoms with van der Waals surface area (Å²) < 4.78 is 27.0. The molecular formula is C18H21Cl2N2O3S+. The molecule has 0 unspecified atom stereocenters. The van der Waals surface area contributed by atoms with Crippen LogP contribution < -0.4 is 4.90 Å². The van der Waals surface area contributed by atoms with Crippen LogP contribution in [0, 0.1) is 0 Å². The predicted octanol–water partition coefficient (Wildman–Crippen LogP) is 1.62. The highest BCUT2D eigenvalue weighted by Gasteiger charge is 2.31. The van der Waals surface area contributed by atoms with Crippen molar-refractivity contribution in [1.29, 1.82) is 0 Å². The molecule has 0 aliphatic carbocycles. The van der Waals surface area contributed by atoms with Crippen molar-refractivity contribution < 1.29 is 18.4 Å². The average molecular weight is 416 g/mol. The molecule has 2 aromatic rings. The highest BCUT2D eigenvalue weighted by molar-refractivity contribution is 7.89. The molecule has 140 valence electrons. The zero-order valence-corrected chi connectivity index (χ0v) is 16.4. The van der Waals surface area contributed by atoms with Crippen LogP contribution in [-0.2, 0) is 10.0 Å². The van der Waals surface area contributed by atoms with E-state index >= 15 is 0 Å². The first-order valence-corrected chi connectivity index (χ1v) is 10.6. The maximum atomic E-state index is 12.8. The van der Waals surface area contributed by atoms with Gasteiger partial charge in [0.2, 0.25) is 10.0 Å². The molecule has 0 spiro atoms. The molecule has 0 saturated carbocycles. The number of hydrogen-bond donors (Lipinski definition) is 2. The monoisotopic (exact) mass is 415 g/mol. The van der Waals surface area contributed by atoms with Crippen LogP contribution in [-0.4, -0.2) is 50.6 Å². The molecule has 26 heavy (non-hydrogen) atoms. The molecule has 1 atom stereocenters. The van der Waals surface area contributed by atoms with Crippen LogP contribution in [0.2, 0.25) is 10.0 Å². The van der Waals surface area contributed by atoms with Crippen molar-refractivity contribution in [2.45, 2.75) is 11.0 Å². The number of rotatable bonds is 5. The first-order chi connectivity index (χ1) is 12.4. The van der Waals surface area contributed by atoms with Gasteiger partial charge in [-0.05, 0) is 23.8 Å². The predicted molar refractivity (Wildman–Crippen MR) is 102 cm³/mol. The normalized spacial score (nSPS) is 18.0. The largest absolute Gasteiger partial charge is 0.382 e. The van der Waals surface area contributed by atoms with Gasteiger partial charge in [-0.1, -0.05) is 53.5 Å². The van der Waals surface area contributed by atoms with Gasteiger partial charge in [0.05, 0.1) is 41.1 Å². The number of piperazine rings is 1. The van der Waals surface area contributed by atoms with Gasteiger partial charge in [-0.25, -0.2) is 8.42 Å². The van der Waals surface area contributed by atoms with Crippen LogP contribution in [0.3, 0.4) is 0 Å². The van der Waals surface area contributed by atoms with Gasteiger partial charge in [0.15, 0.2) is 0 Å². The summed E-state index contributed by atoms with van der Waals surface area (Å²) in [6.45, 7) is 2.65. The molecule has 0 bridgehead atoms. The summed E-state index contributed by atoms with van der Waals surface area (Å²) >= 11 is 11.8. The topological polar surface area (TPSA) is 62.0 Å². The van der Waals surface area contributed by atoms with Gasteiger partial charge in [0.1, 0.15) is 12.6 Å². The summed E-state index contributed by atoms with van der Waals surface area (Å²) in [4.78, 5) is 1.33. The van der Waals surface area contributed by atoms with E-state index in [0.717, 1.165) is 5.56 Å². The maximum absolute atomic E-state index is 12.8. The van der Waals surface area contributed by atoms with Gasteiger partial charge in [-0.3, -0.25) is 0 Å². The molecule has 2 N–H and O–H groups in total. The Morgan fingerprint density at radius 3 is 2.31 bits per heavy atom. The van der Waals surface area contributed by atoms with Gasteiger partial charge in [0, 0.05) is 0 Å². The first-order valence-electron chi connectivity index (χ1n) is 8.39. The molecule has 0 radical (unpaired) electrons. The van der Waals surface area contributed by atoms with Crippen LogP contribution in [0.15, 0.2) is 53.4 Å². The zero-order valence-electron chi connectivity index (χ0n) is 14.1. The van der Waals surface area contributed by atoms with Crippen molar-refractivity contribution in [2.75, 3.05) is 32.7 Å². The Morgan fingerprint density at radius 2 is 1.69 bits per heavy atom. The highest BCUT2D eigenvalue weighted by atomic mass is 35.5. The maximum Gasteiger partial charge on any atom is 0.243 e. The zero-order chi connectivity index (χ0) is 18.7. The number of nitrogens with zero attached hydrogens (tertiary/aromatic N) is 1. The van der Waals surface area contributed by atoms with Crippen LogP contribution >= 0.6 is 23.2 Å². The van der Waals surface area contributed by atoms with E-state index in [9.17, 15) is 13.5 Å². The summed E-state index contributed by atoms with van der Waals surface area (Å²) in [5.74, 6) is 0. The second kappa shape index (κ2) is 8.25. The molecule has 2 aromatic carbocycles. The van der Waals surface area contributed by atoms with Crippen molar-refractivity contribution >= 4 is 33.2 Å². The van der Waals surface area contributed by atoms with Crippen molar-refractivity contribution in [3.63, 3.8) is 0 Å². The fraction of sp³-hybridized carbons (Fsp3) is 0.333. The minimum Gasteiger partial charge on any atom is -0.382 e. The van der Waals surface area contributed by atoms with Gasteiger partial charge in [-0.2, -0.15) is 4.31 Å². The number of sulfonamides is 1. The second-order valence-corrected chi connectivity index (χ2v) is 9.11. The minimum absolute atomic E-state index is 0.152. The van der Waals surface area contributed by atoms with Gasteiger partial charge < -0.3 is 10.0 Å². The van der Waals surface area contributed by atoms with Gasteiger partial charge in [0.25, 0.3) is 0 Å². The van der Waals surface area contributed by atoms with Gasteiger partial charge >= 0.3 is 0 Å². The third kappa shape index (κ3) is 4.39. The van der Waals surface area contributed by atoms with E-state index in [1.54, 1.807) is 0 Å². The van der Waals surface area contributed by atoms with Crippen LogP contribution in [0.4, 0.5) is 0 Å². The number of nitrogens with one attached hydrogen (secondary N) is 1. The summed E-state index contributed by atoms with van der Waals surface area (Å²) in [6.07, 6.45) is -0.551. The third-order valence-electron chi connectivity index (χ3n) is 4.62. The number of benzene rings is 2. The standard InChI is InChI=1S/C18H20Cl2N2O3S/c19-16-7-6-15(12-17(16)20)26(24,25)22-10-8-21(9-11-22)13-18(23)14-4-2-1-3-5-14/h1-7,12,18,23H,8-11,13H2/p+1/t18-/m1/s1. The van der Waals surface area contributed by atoms with Gasteiger partial charge in [-0.15, -0.1) is 0 Å². The first kappa shape index (κ1) is 19.6. The van der Waals surface area contributed by atoms with Crippen molar-refractivity contribution in [2.24, 2.45) is 0 Å². The Labute approximate surface area is 163 Å². The molecule has 1 saturated heterocycles. The molecule has 0 amide bonds. The Balaban J connectivity index is 1.61. The summed E-state index contributed by atoms with van der Waals surface area (Å²) in [5, 5.41) is 10.9. The second-order valence-electron chi connectivity index (χ2n) is 6.36. The molecule has 1 heterocycles.